The van der Waals surface area contributed by atoms with Crippen LogP contribution in [0.5, 0.6) is 23.0 Å². The van der Waals surface area contributed by atoms with Gasteiger partial charge in [0.15, 0.2) is 23.3 Å². The highest BCUT2D eigenvalue weighted by atomic mass is 19.1. The minimum Gasteiger partial charge on any atom is -0.457 e. The van der Waals surface area contributed by atoms with Crippen molar-refractivity contribution in [1.29, 1.82) is 5.53 Å². The monoisotopic (exact) mass is 1120 g/mol. The first-order valence-corrected chi connectivity index (χ1v) is 26.8. The maximum atomic E-state index is 15.7. The first-order chi connectivity index (χ1) is 40.1. The van der Waals surface area contributed by atoms with E-state index in [1.807, 2.05) is 87.8 Å². The molecule has 0 bridgehead atoms. The van der Waals surface area contributed by atoms with Crippen LogP contribution >= 0.6 is 0 Å². The maximum Gasteiger partial charge on any atom is 0.282 e. The topological polar surface area (TPSA) is 239 Å². The van der Waals surface area contributed by atoms with Crippen molar-refractivity contribution < 1.29 is 27.8 Å². The molecule has 0 radical (unpaired) electrons. The van der Waals surface area contributed by atoms with Gasteiger partial charge in [0.1, 0.15) is 57.9 Å². The van der Waals surface area contributed by atoms with E-state index in [9.17, 15) is 14.0 Å². The molecule has 0 fully saturated rings. The van der Waals surface area contributed by atoms with Crippen molar-refractivity contribution in [1.82, 2.24) is 54.7 Å². The second-order valence-electron chi connectivity index (χ2n) is 19.8. The average molecular weight is 1120 g/mol. The fraction of sp³-hybridized carbons (Fsp3) is 0.246. The smallest absolute Gasteiger partial charge is 0.282 e. The Bertz CT molecular complexity index is 3980. The van der Waals surface area contributed by atoms with Crippen molar-refractivity contribution in [3.8, 4) is 23.0 Å². The molecule has 1 aliphatic heterocycles. The molecule has 424 valence electrons. The zero-order valence-electron chi connectivity index (χ0n) is 47.0. The second-order valence-corrected chi connectivity index (χ2v) is 19.8. The molecule has 0 saturated heterocycles. The van der Waals surface area contributed by atoms with Crippen LogP contribution < -0.4 is 25.4 Å². The lowest BCUT2D eigenvalue weighted by Gasteiger charge is -2.30. The van der Waals surface area contributed by atoms with E-state index in [0.717, 1.165) is 59.2 Å². The first kappa shape index (κ1) is 57.6. The molecule has 10 rings (SSSR count). The van der Waals surface area contributed by atoms with E-state index in [0.29, 0.717) is 85.9 Å². The highest BCUT2D eigenvalue weighted by molar-refractivity contribution is 5.94. The van der Waals surface area contributed by atoms with Crippen LogP contribution in [-0.4, -0.2) is 99.7 Å². The van der Waals surface area contributed by atoms with Crippen LogP contribution in [0.25, 0.3) is 38.7 Å². The number of aryl methyl sites for hydroxylation is 2. The number of amides is 2. The molecule has 4 N–H and O–H groups in total. The minimum absolute atomic E-state index is 0.0335. The first-order valence-electron chi connectivity index (χ1n) is 26.8. The van der Waals surface area contributed by atoms with Gasteiger partial charge in [-0.1, -0.05) is 44.7 Å². The standard InChI is InChI=1S/C33H39FN8O2.C28H23FN8O2/c1-7-10-21(17-22(8-2)42(6)30(43)9-3)24-13-14-27-32(39-24)33(38-19-37-27)40-26-15-16-29(20(4)31(26)34)44-23-11-12-25(36-5)28(18-23)41-35;1-16-12-19(4-9-25(16)39-20-5-8-24-23(13-20)34-35-36(24)3)32-27-26-22(30-15-31-27)7-6-21(33-26)18-10-11-37(14-18)28(38)17(2)29/h9,11-16,18-19,21-22,35-36H,3,7-8,10,17H2,1-2,4-6H3,(H,37,38,40);4-10,12-13,15H,2,11,14H2,1,3H3,(H,30,31,32). The number of aromatic nitrogens is 9. The number of hydrogen-bond acceptors (Lipinski definition) is 17. The van der Waals surface area contributed by atoms with E-state index < -0.39 is 17.6 Å². The summed E-state index contributed by atoms with van der Waals surface area (Å²) in [6, 6.07) is 27.3. The van der Waals surface area contributed by atoms with Gasteiger partial charge in [0.25, 0.3) is 5.91 Å². The number of fused-ring (bicyclic) bond motifs is 3. The van der Waals surface area contributed by atoms with Crippen LogP contribution in [-0.2, 0) is 16.6 Å². The van der Waals surface area contributed by atoms with E-state index in [-0.39, 0.29) is 30.1 Å². The van der Waals surface area contributed by atoms with E-state index in [1.165, 1.54) is 23.6 Å². The van der Waals surface area contributed by atoms with Gasteiger partial charge in [0.2, 0.25) is 5.91 Å². The van der Waals surface area contributed by atoms with E-state index in [4.69, 9.17) is 25.0 Å². The van der Waals surface area contributed by atoms with E-state index >= 15 is 4.39 Å². The van der Waals surface area contributed by atoms with Gasteiger partial charge in [-0.05, 0) is 129 Å². The van der Waals surface area contributed by atoms with Gasteiger partial charge in [-0.3, -0.25) is 9.59 Å². The zero-order valence-corrected chi connectivity index (χ0v) is 47.0. The summed E-state index contributed by atoms with van der Waals surface area (Å²) < 4.78 is 42.7. The second kappa shape index (κ2) is 25.6. The summed E-state index contributed by atoms with van der Waals surface area (Å²) in [6.07, 6.45) is 9.50. The summed E-state index contributed by atoms with van der Waals surface area (Å²) in [5, 5.41) is 21.1. The lowest BCUT2D eigenvalue weighted by Crippen LogP contribution is -2.36. The fourth-order valence-corrected chi connectivity index (χ4v) is 9.73. The number of halogens is 2. The number of rotatable bonds is 20. The van der Waals surface area contributed by atoms with Gasteiger partial charge in [-0.25, -0.2) is 48.9 Å². The molecule has 22 heteroatoms. The number of benzene rings is 4. The number of carbonyl (C=O) groups is 2. The van der Waals surface area contributed by atoms with Gasteiger partial charge >= 0.3 is 0 Å². The number of likely N-dealkylation sites (N-methyl/N-ethyl adjacent to an activating group) is 1. The molecular formula is C61H62F2N16O4. The van der Waals surface area contributed by atoms with Crippen molar-refractivity contribution >= 4 is 84.9 Å². The number of ether oxygens (including phenoxy) is 2. The van der Waals surface area contributed by atoms with Crippen LogP contribution in [0, 0.1) is 25.2 Å². The van der Waals surface area contributed by atoms with Crippen molar-refractivity contribution in [3.63, 3.8) is 0 Å². The Kier molecular flexibility index (Phi) is 17.7. The lowest BCUT2D eigenvalue weighted by atomic mass is 9.90. The predicted octanol–water partition coefficient (Wildman–Crippen LogP) is 13.3. The molecule has 2 atom stereocenters. The predicted molar refractivity (Wildman–Crippen MR) is 317 cm³/mol. The molecule has 6 heterocycles. The number of pyridine rings is 2. The molecular weight excluding hydrogens is 1060 g/mol. The molecule has 83 heavy (non-hydrogen) atoms. The SMILES string of the molecule is C=C(F)C(=O)N1CC=C(c2ccc3ncnc(Nc4ccc(Oc5ccc6c(c5)nnn6C)c(C)c4)c3n2)C1.C=CC(=O)N(C)C(CC)CC(CCC)c1ccc2ncnc(Nc3ccc(Oc4ccc(NC)c(N=N)c4)c(C)c3F)c2n1. The van der Waals surface area contributed by atoms with Crippen LogP contribution in [0.4, 0.5) is 43.2 Å². The molecule has 2 amide bonds. The summed E-state index contributed by atoms with van der Waals surface area (Å²) in [5.41, 5.74) is 17.2. The van der Waals surface area contributed by atoms with Crippen molar-refractivity contribution in [2.75, 3.05) is 43.1 Å². The summed E-state index contributed by atoms with van der Waals surface area (Å²) in [6.45, 7) is 15.1. The number of nitrogens with zero attached hydrogens (tertiary/aromatic N) is 12. The number of anilines is 5. The van der Waals surface area contributed by atoms with Gasteiger partial charge < -0.3 is 35.2 Å². The van der Waals surface area contributed by atoms with Crippen molar-refractivity contribution in [3.05, 3.63) is 163 Å². The summed E-state index contributed by atoms with van der Waals surface area (Å²) in [7, 11) is 5.39. The highest BCUT2D eigenvalue weighted by Gasteiger charge is 2.26. The van der Waals surface area contributed by atoms with Crippen LogP contribution in [0.2, 0.25) is 0 Å². The van der Waals surface area contributed by atoms with Crippen LogP contribution in [0.15, 0.2) is 140 Å². The zero-order chi connectivity index (χ0) is 58.9. The largest absolute Gasteiger partial charge is 0.457 e. The van der Waals surface area contributed by atoms with Gasteiger partial charge in [-0.2, -0.15) is 5.11 Å². The van der Waals surface area contributed by atoms with Crippen LogP contribution in [0.1, 0.15) is 68.0 Å². The fourth-order valence-electron chi connectivity index (χ4n) is 9.73. The molecule has 9 aromatic rings. The van der Waals surface area contributed by atoms with E-state index in [2.05, 4.69) is 78.3 Å². The Morgan fingerprint density at radius 2 is 1.54 bits per heavy atom. The Morgan fingerprint density at radius 3 is 2.24 bits per heavy atom. The number of carbonyl (C=O) groups excluding carboxylic acids is 2. The Morgan fingerprint density at radius 1 is 0.855 bits per heavy atom. The summed E-state index contributed by atoms with van der Waals surface area (Å²) in [5.74, 6) is 0.871. The average Bonchev–Trinajstić information content (AvgIpc) is 4.33. The molecule has 4 aromatic carbocycles. The normalized spacial score (nSPS) is 12.7. The maximum absolute atomic E-state index is 15.7. The Labute approximate surface area is 477 Å². The quantitative estimate of drug-likeness (QED) is 0.0410. The minimum atomic E-state index is -0.978. The summed E-state index contributed by atoms with van der Waals surface area (Å²) >= 11 is 0. The third kappa shape index (κ3) is 12.9. The summed E-state index contributed by atoms with van der Waals surface area (Å²) in [4.78, 5) is 54.6. The molecule has 5 aromatic heterocycles. The Hall–Kier alpha value is -10.1. The molecule has 1 aliphatic rings. The van der Waals surface area contributed by atoms with Crippen LogP contribution in [0.3, 0.4) is 0 Å². The van der Waals surface area contributed by atoms with Gasteiger partial charge in [-0.15, -0.1) is 5.10 Å². The highest BCUT2D eigenvalue weighted by Crippen LogP contribution is 2.38. The van der Waals surface area contributed by atoms with Crippen molar-refractivity contribution in [2.45, 2.75) is 65.3 Å². The molecule has 0 saturated carbocycles. The number of nitrogens with one attached hydrogen (secondary N) is 4. The number of hydrogen-bond donors (Lipinski definition) is 4. The molecule has 0 spiro atoms. The van der Waals surface area contributed by atoms with E-state index in [1.54, 1.807) is 53.9 Å². The van der Waals surface area contributed by atoms with Gasteiger partial charge in [0, 0.05) is 75.3 Å². The third-order valence-corrected chi connectivity index (χ3v) is 14.3. The lowest BCUT2D eigenvalue weighted by molar-refractivity contribution is -0.127. The van der Waals surface area contributed by atoms with Crippen molar-refractivity contribution in [2.24, 2.45) is 12.2 Å². The van der Waals surface area contributed by atoms with Gasteiger partial charge in [0.05, 0.1) is 33.6 Å². The molecule has 2 unspecified atom stereocenters. The molecule has 0 aliphatic carbocycles. The third-order valence-electron chi connectivity index (χ3n) is 14.3. The molecule has 20 nitrogen and oxygen atoms in total. The Balaban J connectivity index is 0.000000201.